The number of hydrogen-bond donors (Lipinski definition) is 0. The van der Waals surface area contributed by atoms with E-state index in [2.05, 4.69) is 22.0 Å². The Hall–Kier alpha value is -3.75. The van der Waals surface area contributed by atoms with Crippen molar-refractivity contribution in [1.29, 1.82) is 0 Å². The summed E-state index contributed by atoms with van der Waals surface area (Å²) < 4.78 is 2.33. The fourth-order valence-electron chi connectivity index (χ4n) is 4.84. The predicted molar refractivity (Wildman–Crippen MR) is 139 cm³/mol. The quantitative estimate of drug-likeness (QED) is 0.428. The first kappa shape index (κ1) is 24.0. The molecule has 8 nitrogen and oxygen atoms in total. The number of amides is 1. The summed E-state index contributed by atoms with van der Waals surface area (Å²) in [5.41, 5.74) is 1.68. The maximum atomic E-state index is 13.3. The molecule has 0 radical (unpaired) electrons. The first-order valence-electron chi connectivity index (χ1n) is 11.8. The molecule has 2 aromatic heterocycles. The van der Waals surface area contributed by atoms with E-state index in [1.165, 1.54) is 11.6 Å². The molecule has 1 atom stereocenters. The van der Waals surface area contributed by atoms with Crippen LogP contribution in [0.4, 0.5) is 0 Å². The van der Waals surface area contributed by atoms with E-state index in [9.17, 15) is 14.4 Å². The molecule has 9 heteroatoms. The third kappa shape index (κ3) is 4.23. The molecule has 0 bridgehead atoms. The van der Waals surface area contributed by atoms with Crippen molar-refractivity contribution in [3.8, 4) is 0 Å². The minimum Gasteiger partial charge on any atom is -0.335 e. The lowest BCUT2D eigenvalue weighted by Gasteiger charge is -2.40. The summed E-state index contributed by atoms with van der Waals surface area (Å²) in [6.07, 6.45) is 0. The number of pyridine rings is 1. The van der Waals surface area contributed by atoms with Gasteiger partial charge in [0.15, 0.2) is 0 Å². The van der Waals surface area contributed by atoms with Crippen LogP contribution in [0.5, 0.6) is 0 Å². The van der Waals surface area contributed by atoms with Crippen molar-refractivity contribution < 1.29 is 4.79 Å². The molecule has 0 saturated carbocycles. The summed E-state index contributed by atoms with van der Waals surface area (Å²) in [5, 5.41) is 1.01. The van der Waals surface area contributed by atoms with Crippen molar-refractivity contribution in [1.82, 2.24) is 23.9 Å². The van der Waals surface area contributed by atoms with Crippen LogP contribution in [-0.4, -0.2) is 56.0 Å². The summed E-state index contributed by atoms with van der Waals surface area (Å²) in [4.78, 5) is 46.6. The van der Waals surface area contributed by atoms with Crippen LogP contribution in [0.15, 0.2) is 76.3 Å². The number of piperazine rings is 1. The van der Waals surface area contributed by atoms with Crippen molar-refractivity contribution in [2.24, 2.45) is 14.1 Å². The number of aromatic nitrogens is 3. The summed E-state index contributed by atoms with van der Waals surface area (Å²) in [6, 6.07) is 21.2. The average molecular weight is 504 g/mol. The molecule has 1 aliphatic rings. The van der Waals surface area contributed by atoms with Crippen molar-refractivity contribution in [2.45, 2.75) is 6.04 Å². The number of nitrogens with zero attached hydrogens (tertiary/aromatic N) is 5. The second kappa shape index (κ2) is 9.72. The Morgan fingerprint density at radius 1 is 0.861 bits per heavy atom. The van der Waals surface area contributed by atoms with Crippen LogP contribution >= 0.6 is 11.6 Å². The zero-order valence-electron chi connectivity index (χ0n) is 20.1. The van der Waals surface area contributed by atoms with Crippen molar-refractivity contribution in [2.75, 3.05) is 26.2 Å². The number of hydrogen-bond acceptors (Lipinski definition) is 5. The van der Waals surface area contributed by atoms with Gasteiger partial charge in [-0.3, -0.25) is 23.6 Å². The second-order valence-corrected chi connectivity index (χ2v) is 9.34. The van der Waals surface area contributed by atoms with Gasteiger partial charge in [-0.25, -0.2) is 9.78 Å². The highest BCUT2D eigenvalue weighted by Gasteiger charge is 2.30. The number of halogens is 1. The van der Waals surface area contributed by atoms with E-state index < -0.39 is 11.2 Å². The Kier molecular flexibility index (Phi) is 6.47. The molecule has 1 unspecified atom stereocenters. The van der Waals surface area contributed by atoms with Gasteiger partial charge in [-0.2, -0.15) is 0 Å². The molecule has 3 heterocycles. The van der Waals surface area contributed by atoms with Gasteiger partial charge in [-0.15, -0.1) is 0 Å². The third-order valence-corrected chi connectivity index (χ3v) is 7.15. The van der Waals surface area contributed by atoms with Gasteiger partial charge in [0.2, 0.25) is 0 Å². The number of aryl methyl sites for hydroxylation is 1. The lowest BCUT2D eigenvalue weighted by atomic mass is 9.96. The predicted octanol–water partition coefficient (Wildman–Crippen LogP) is 2.83. The zero-order chi connectivity index (χ0) is 25.4. The van der Waals surface area contributed by atoms with Gasteiger partial charge in [0.05, 0.1) is 11.4 Å². The van der Waals surface area contributed by atoms with E-state index in [0.29, 0.717) is 36.6 Å². The molecule has 4 aromatic rings. The highest BCUT2D eigenvalue weighted by Crippen LogP contribution is 2.34. The lowest BCUT2D eigenvalue weighted by Crippen LogP contribution is -2.50. The number of carbonyl (C=O) groups excluding carboxylic acids is 1. The Balaban J connectivity index is 1.39. The van der Waals surface area contributed by atoms with Gasteiger partial charge in [-0.05, 0) is 29.3 Å². The maximum absolute atomic E-state index is 13.3. The molecule has 2 aromatic carbocycles. The summed E-state index contributed by atoms with van der Waals surface area (Å²) >= 11 is 6.59. The Morgan fingerprint density at radius 2 is 1.53 bits per heavy atom. The highest BCUT2D eigenvalue weighted by molar-refractivity contribution is 6.31. The smallest absolute Gasteiger partial charge is 0.332 e. The minimum absolute atomic E-state index is 0.0262. The van der Waals surface area contributed by atoms with Gasteiger partial charge in [0.1, 0.15) is 11.3 Å². The van der Waals surface area contributed by atoms with Crippen LogP contribution in [0.1, 0.15) is 27.7 Å². The fraction of sp³-hybridized carbons (Fsp3) is 0.259. The summed E-state index contributed by atoms with van der Waals surface area (Å²) in [6.45, 7) is 2.34. The maximum Gasteiger partial charge on any atom is 0.332 e. The van der Waals surface area contributed by atoms with Crippen molar-refractivity contribution >= 4 is 28.5 Å². The monoisotopic (exact) mass is 503 g/mol. The Morgan fingerprint density at radius 3 is 2.22 bits per heavy atom. The molecule has 36 heavy (non-hydrogen) atoms. The van der Waals surface area contributed by atoms with E-state index in [1.807, 2.05) is 42.5 Å². The highest BCUT2D eigenvalue weighted by atomic mass is 35.5. The number of carbonyl (C=O) groups is 1. The Bertz CT molecular complexity index is 1560. The van der Waals surface area contributed by atoms with E-state index in [-0.39, 0.29) is 23.3 Å². The third-order valence-electron chi connectivity index (χ3n) is 6.80. The first-order chi connectivity index (χ1) is 17.4. The molecule has 1 saturated heterocycles. The zero-order valence-corrected chi connectivity index (χ0v) is 20.9. The van der Waals surface area contributed by atoms with Gasteiger partial charge < -0.3 is 4.90 Å². The van der Waals surface area contributed by atoms with Gasteiger partial charge >= 0.3 is 5.69 Å². The van der Waals surface area contributed by atoms with Crippen LogP contribution in [0.2, 0.25) is 5.02 Å². The SMILES string of the molecule is Cn1c(=O)c2ccc(C(=O)N3CCN(C(c4ccccc4)c4ccccc4Cl)CC3)nc2n(C)c1=O. The molecule has 1 amide bonds. The lowest BCUT2D eigenvalue weighted by molar-refractivity contribution is 0.0592. The van der Waals surface area contributed by atoms with Crippen molar-refractivity contribution in [3.63, 3.8) is 0 Å². The van der Waals surface area contributed by atoms with Gasteiger partial charge in [0.25, 0.3) is 11.5 Å². The molecule has 184 valence electrons. The molecule has 0 spiro atoms. The molecular weight excluding hydrogens is 478 g/mol. The summed E-state index contributed by atoms with van der Waals surface area (Å²) in [5.74, 6) is -0.223. The van der Waals surface area contributed by atoms with Crippen LogP contribution in [0.3, 0.4) is 0 Å². The van der Waals surface area contributed by atoms with Crippen molar-refractivity contribution in [3.05, 3.63) is 109 Å². The number of rotatable bonds is 4. The number of fused-ring (bicyclic) bond motifs is 1. The fourth-order valence-corrected chi connectivity index (χ4v) is 5.08. The average Bonchev–Trinajstić information content (AvgIpc) is 2.92. The standard InChI is InChI=1S/C27H26ClN5O3/c1-30-24-20(25(34)31(2)27(30)36)12-13-22(29-24)26(35)33-16-14-32(15-17-33)23(18-8-4-3-5-9-18)19-10-6-7-11-21(19)28/h3-13,23H,14-17H2,1-2H3. The Labute approximate surface area is 213 Å². The molecular formula is C27H26ClN5O3. The largest absolute Gasteiger partial charge is 0.335 e. The molecule has 1 fully saturated rings. The summed E-state index contributed by atoms with van der Waals surface area (Å²) in [7, 11) is 2.97. The number of benzene rings is 2. The van der Waals surface area contributed by atoms with Crippen LogP contribution in [0.25, 0.3) is 11.0 Å². The molecule has 1 aliphatic heterocycles. The molecule has 0 aliphatic carbocycles. The van der Waals surface area contributed by atoms with Crippen LogP contribution in [0, 0.1) is 0 Å². The second-order valence-electron chi connectivity index (χ2n) is 8.94. The van der Waals surface area contributed by atoms with E-state index in [1.54, 1.807) is 24.1 Å². The van der Waals surface area contributed by atoms with Crippen LogP contribution in [-0.2, 0) is 14.1 Å². The normalized spacial score (nSPS) is 15.2. The van der Waals surface area contributed by atoms with E-state index in [0.717, 1.165) is 15.7 Å². The molecule has 5 rings (SSSR count). The topological polar surface area (TPSA) is 80.4 Å². The van der Waals surface area contributed by atoms with Gasteiger partial charge in [0, 0.05) is 45.3 Å². The molecule has 0 N–H and O–H groups in total. The van der Waals surface area contributed by atoms with Gasteiger partial charge in [-0.1, -0.05) is 60.1 Å². The van der Waals surface area contributed by atoms with E-state index in [4.69, 9.17) is 11.6 Å². The first-order valence-corrected chi connectivity index (χ1v) is 12.1. The van der Waals surface area contributed by atoms with Crippen LogP contribution < -0.4 is 11.2 Å². The minimum atomic E-state index is -0.482. The van der Waals surface area contributed by atoms with E-state index >= 15 is 0 Å².